The summed E-state index contributed by atoms with van der Waals surface area (Å²) in [6.07, 6.45) is 5.46. The van der Waals surface area contributed by atoms with E-state index in [0.29, 0.717) is 0 Å². The Morgan fingerprint density at radius 2 is 1.75 bits per heavy atom. The molecule has 0 spiro atoms. The predicted octanol–water partition coefficient (Wildman–Crippen LogP) is 4.05. The highest BCUT2D eigenvalue weighted by molar-refractivity contribution is 6.74. The summed E-state index contributed by atoms with van der Waals surface area (Å²) in [6.45, 7) is 11.1. The molecule has 0 radical (unpaired) electrons. The molecular weight excluding hydrogens is 212 g/mol. The van der Waals surface area contributed by atoms with Gasteiger partial charge < -0.3 is 4.43 Å². The molecule has 0 unspecified atom stereocenters. The normalized spacial score (nSPS) is 12.0. The van der Waals surface area contributed by atoms with Crippen LogP contribution in [0.25, 0.3) is 0 Å². The van der Waals surface area contributed by atoms with Crippen LogP contribution in [0.1, 0.15) is 26.3 Å². The first-order chi connectivity index (χ1) is 7.28. The van der Waals surface area contributed by atoms with E-state index in [2.05, 4.69) is 39.8 Å². The number of benzene rings is 1. The molecule has 0 aliphatic carbocycles. The van der Waals surface area contributed by atoms with Gasteiger partial charge in [-0.15, -0.1) is 6.42 Å². The number of para-hydroxylation sites is 1. The summed E-state index contributed by atoms with van der Waals surface area (Å²) < 4.78 is 6.18. The van der Waals surface area contributed by atoms with Crippen LogP contribution in [0, 0.1) is 12.3 Å². The monoisotopic (exact) mass is 232 g/mol. The molecule has 16 heavy (non-hydrogen) atoms. The Kier molecular flexibility index (Phi) is 3.50. The van der Waals surface area contributed by atoms with Crippen molar-refractivity contribution in [3.63, 3.8) is 0 Å². The molecule has 0 bridgehead atoms. The minimum absolute atomic E-state index is 0.189. The summed E-state index contributed by atoms with van der Waals surface area (Å²) in [6, 6.07) is 7.77. The molecule has 0 aliphatic rings. The Bertz CT molecular complexity index is 407. The molecule has 0 aromatic heterocycles. The van der Waals surface area contributed by atoms with Gasteiger partial charge in [-0.3, -0.25) is 0 Å². The van der Waals surface area contributed by atoms with Crippen LogP contribution in [0.5, 0.6) is 5.75 Å². The largest absolute Gasteiger partial charge is 0.543 e. The van der Waals surface area contributed by atoms with Gasteiger partial charge in [0.05, 0.1) is 5.56 Å². The zero-order chi connectivity index (χ0) is 12.4. The van der Waals surface area contributed by atoms with E-state index >= 15 is 0 Å². The first kappa shape index (κ1) is 12.9. The SMILES string of the molecule is C#Cc1ccccc1O[Si](C)(C)C(C)(C)C. The third kappa shape index (κ3) is 2.68. The summed E-state index contributed by atoms with van der Waals surface area (Å²) in [4.78, 5) is 0. The molecule has 0 saturated carbocycles. The van der Waals surface area contributed by atoms with E-state index in [1.54, 1.807) is 0 Å². The van der Waals surface area contributed by atoms with Crippen molar-refractivity contribution >= 4 is 8.32 Å². The molecule has 0 atom stereocenters. The second-order valence-electron chi connectivity index (χ2n) is 5.50. The van der Waals surface area contributed by atoms with Crippen molar-refractivity contribution in [2.75, 3.05) is 0 Å². The summed E-state index contributed by atoms with van der Waals surface area (Å²) in [5.41, 5.74) is 0.840. The maximum Gasteiger partial charge on any atom is 0.250 e. The van der Waals surface area contributed by atoms with Crippen molar-refractivity contribution in [3.8, 4) is 18.1 Å². The number of rotatable bonds is 2. The fourth-order valence-corrected chi connectivity index (χ4v) is 2.14. The Hall–Kier alpha value is -1.20. The molecule has 1 rings (SSSR count). The molecule has 1 aromatic carbocycles. The van der Waals surface area contributed by atoms with E-state index in [4.69, 9.17) is 10.8 Å². The van der Waals surface area contributed by atoms with Gasteiger partial charge in [-0.25, -0.2) is 0 Å². The van der Waals surface area contributed by atoms with E-state index in [1.807, 2.05) is 24.3 Å². The van der Waals surface area contributed by atoms with Crippen molar-refractivity contribution in [3.05, 3.63) is 29.8 Å². The molecule has 1 nitrogen and oxygen atoms in total. The lowest BCUT2D eigenvalue weighted by molar-refractivity contribution is 0.491. The third-order valence-electron chi connectivity index (χ3n) is 3.21. The van der Waals surface area contributed by atoms with Crippen LogP contribution in [-0.2, 0) is 0 Å². The summed E-state index contributed by atoms with van der Waals surface area (Å²) in [7, 11) is -1.79. The van der Waals surface area contributed by atoms with Crippen molar-refractivity contribution in [1.82, 2.24) is 0 Å². The smallest absolute Gasteiger partial charge is 0.250 e. The lowest BCUT2D eigenvalue weighted by Crippen LogP contribution is -2.44. The molecule has 0 fully saturated rings. The van der Waals surface area contributed by atoms with Gasteiger partial charge in [0.25, 0.3) is 8.32 Å². The highest BCUT2D eigenvalue weighted by Gasteiger charge is 2.39. The molecule has 0 aliphatic heterocycles. The summed E-state index contributed by atoms with van der Waals surface area (Å²) in [5.74, 6) is 3.51. The van der Waals surface area contributed by atoms with Crippen LogP contribution in [0.4, 0.5) is 0 Å². The first-order valence-corrected chi connectivity index (χ1v) is 8.43. The second kappa shape index (κ2) is 4.35. The fourth-order valence-electron chi connectivity index (χ4n) is 1.10. The zero-order valence-corrected chi connectivity index (χ0v) is 11.8. The molecule has 1 aromatic rings. The van der Waals surface area contributed by atoms with Crippen LogP contribution in [0.2, 0.25) is 18.1 Å². The van der Waals surface area contributed by atoms with E-state index in [-0.39, 0.29) is 5.04 Å². The van der Waals surface area contributed by atoms with Crippen LogP contribution in [0.3, 0.4) is 0 Å². The van der Waals surface area contributed by atoms with E-state index in [1.165, 1.54) is 0 Å². The van der Waals surface area contributed by atoms with Crippen LogP contribution >= 0.6 is 0 Å². The summed E-state index contributed by atoms with van der Waals surface area (Å²) in [5, 5.41) is 0.189. The maximum absolute atomic E-state index is 6.18. The summed E-state index contributed by atoms with van der Waals surface area (Å²) >= 11 is 0. The Labute approximate surface area is 100.0 Å². The lowest BCUT2D eigenvalue weighted by atomic mass is 10.2. The Morgan fingerprint density at radius 1 is 1.19 bits per heavy atom. The average Bonchev–Trinajstić information content (AvgIpc) is 2.16. The van der Waals surface area contributed by atoms with Gasteiger partial charge in [-0.1, -0.05) is 38.8 Å². The third-order valence-corrected chi connectivity index (χ3v) is 7.56. The molecule has 0 saturated heterocycles. The quantitative estimate of drug-likeness (QED) is 0.552. The Morgan fingerprint density at radius 3 is 2.25 bits per heavy atom. The van der Waals surface area contributed by atoms with Crippen molar-refractivity contribution in [2.24, 2.45) is 0 Å². The number of terminal acetylenes is 1. The first-order valence-electron chi connectivity index (χ1n) is 5.52. The maximum atomic E-state index is 6.18. The minimum Gasteiger partial charge on any atom is -0.543 e. The number of hydrogen-bond donors (Lipinski definition) is 0. The zero-order valence-electron chi connectivity index (χ0n) is 10.8. The molecule has 86 valence electrons. The molecular formula is C14H20OSi. The average molecular weight is 232 g/mol. The van der Waals surface area contributed by atoms with Crippen LogP contribution in [0.15, 0.2) is 24.3 Å². The second-order valence-corrected chi connectivity index (χ2v) is 10.2. The highest BCUT2D eigenvalue weighted by Crippen LogP contribution is 2.37. The van der Waals surface area contributed by atoms with Crippen molar-refractivity contribution in [1.29, 1.82) is 0 Å². The van der Waals surface area contributed by atoms with Gasteiger partial charge in [-0.2, -0.15) is 0 Å². The fraction of sp³-hybridized carbons (Fsp3) is 0.429. The molecule has 0 amide bonds. The van der Waals surface area contributed by atoms with E-state index < -0.39 is 8.32 Å². The Balaban J connectivity index is 3.02. The molecule has 2 heteroatoms. The van der Waals surface area contributed by atoms with Crippen LogP contribution in [-0.4, -0.2) is 8.32 Å². The predicted molar refractivity (Wildman–Crippen MR) is 72.2 cm³/mol. The lowest BCUT2D eigenvalue weighted by Gasteiger charge is -2.36. The van der Waals surface area contributed by atoms with Crippen molar-refractivity contribution < 1.29 is 4.43 Å². The minimum atomic E-state index is -1.79. The molecule has 0 heterocycles. The van der Waals surface area contributed by atoms with E-state index in [9.17, 15) is 0 Å². The van der Waals surface area contributed by atoms with Gasteiger partial charge in [-0.05, 0) is 30.3 Å². The van der Waals surface area contributed by atoms with E-state index in [0.717, 1.165) is 11.3 Å². The van der Waals surface area contributed by atoms with Gasteiger partial charge in [0.2, 0.25) is 0 Å². The van der Waals surface area contributed by atoms with Crippen molar-refractivity contribution in [2.45, 2.75) is 38.9 Å². The standard InChI is InChI=1S/C14H20OSi/c1-7-12-10-8-9-11-13(12)15-16(5,6)14(2,3)4/h1,8-11H,2-6H3. The highest BCUT2D eigenvalue weighted by atomic mass is 28.4. The number of hydrogen-bond acceptors (Lipinski definition) is 1. The topological polar surface area (TPSA) is 9.23 Å². The van der Waals surface area contributed by atoms with Gasteiger partial charge >= 0.3 is 0 Å². The van der Waals surface area contributed by atoms with Gasteiger partial charge in [0.15, 0.2) is 0 Å². The van der Waals surface area contributed by atoms with Gasteiger partial charge in [0.1, 0.15) is 5.75 Å². The van der Waals surface area contributed by atoms with Crippen LogP contribution < -0.4 is 4.43 Å². The van der Waals surface area contributed by atoms with Gasteiger partial charge in [0, 0.05) is 0 Å². The molecule has 0 N–H and O–H groups in total.